The van der Waals surface area contributed by atoms with Gasteiger partial charge in [-0.05, 0) is 45.0 Å². The van der Waals surface area contributed by atoms with Gasteiger partial charge in [-0.15, -0.1) is 0 Å². The van der Waals surface area contributed by atoms with E-state index in [4.69, 9.17) is 9.47 Å². The lowest BCUT2D eigenvalue weighted by Gasteiger charge is -2.09. The average molecular weight is 326 g/mol. The van der Waals surface area contributed by atoms with Crippen LogP contribution in [-0.4, -0.2) is 36.5 Å². The predicted octanol–water partition coefficient (Wildman–Crippen LogP) is 3.72. The summed E-state index contributed by atoms with van der Waals surface area (Å²) in [6, 6.07) is 15.5. The van der Waals surface area contributed by atoms with Gasteiger partial charge in [-0.25, -0.2) is 4.79 Å². The van der Waals surface area contributed by atoms with Crippen molar-refractivity contribution in [3.8, 4) is 5.75 Å². The zero-order valence-electron chi connectivity index (χ0n) is 14.7. The van der Waals surface area contributed by atoms with Gasteiger partial charge in [0, 0.05) is 12.1 Å². The molecule has 0 amide bonds. The third-order valence-electron chi connectivity index (χ3n) is 3.76. The summed E-state index contributed by atoms with van der Waals surface area (Å²) in [6.07, 6.45) is 0. The van der Waals surface area contributed by atoms with Gasteiger partial charge < -0.3 is 9.47 Å². The molecule has 0 saturated heterocycles. The lowest BCUT2D eigenvalue weighted by molar-refractivity contribution is -0.435. The molecule has 0 aromatic heterocycles. The van der Waals surface area contributed by atoms with Crippen LogP contribution in [0.15, 0.2) is 48.5 Å². The second kappa shape index (κ2) is 8.29. The first-order chi connectivity index (χ1) is 11.6. The minimum atomic E-state index is -0.320. The molecule has 0 saturated carbocycles. The molecule has 2 rings (SSSR count). The molecule has 0 aliphatic carbocycles. The van der Waals surface area contributed by atoms with Gasteiger partial charge in [0.25, 0.3) is 5.71 Å². The fraction of sp³-hybridized carbons (Fsp3) is 0.300. The molecule has 0 radical (unpaired) electrons. The van der Waals surface area contributed by atoms with Crippen molar-refractivity contribution >= 4 is 17.4 Å². The summed E-state index contributed by atoms with van der Waals surface area (Å²) in [6.45, 7) is 6.84. The van der Waals surface area contributed by atoms with E-state index in [1.165, 1.54) is 0 Å². The van der Waals surface area contributed by atoms with Crippen LogP contribution in [-0.2, 0) is 9.53 Å². The molecule has 0 unspecified atom stereocenters. The molecule has 24 heavy (non-hydrogen) atoms. The third-order valence-corrected chi connectivity index (χ3v) is 3.76. The molecule has 2 aromatic rings. The molecule has 0 aliphatic heterocycles. The van der Waals surface area contributed by atoms with Crippen LogP contribution >= 0.6 is 0 Å². The number of hydrogen-bond donors (Lipinski definition) is 0. The fourth-order valence-corrected chi connectivity index (χ4v) is 2.53. The minimum Gasteiger partial charge on any atom is -0.497 e. The van der Waals surface area contributed by atoms with E-state index in [0.717, 1.165) is 22.6 Å². The summed E-state index contributed by atoms with van der Waals surface area (Å²) in [5.74, 6) is 0.460. The molecule has 4 heteroatoms. The molecule has 0 fully saturated rings. The van der Waals surface area contributed by atoms with Crippen LogP contribution in [0.25, 0.3) is 0 Å². The van der Waals surface area contributed by atoms with Crippen molar-refractivity contribution < 1.29 is 18.8 Å². The molecule has 0 atom stereocenters. The van der Waals surface area contributed by atoms with Crippen molar-refractivity contribution in [1.82, 2.24) is 0 Å². The highest BCUT2D eigenvalue weighted by atomic mass is 16.5. The summed E-state index contributed by atoms with van der Waals surface area (Å²) in [5.41, 5.74) is 3.46. The maximum absolute atomic E-state index is 12.6. The first-order valence-corrected chi connectivity index (χ1v) is 8.13. The Morgan fingerprint density at radius 1 is 1.00 bits per heavy atom. The highest BCUT2D eigenvalue weighted by Gasteiger charge is 2.27. The lowest BCUT2D eigenvalue weighted by atomic mass is 10.1. The van der Waals surface area contributed by atoms with Crippen molar-refractivity contribution in [2.75, 3.05) is 20.3 Å². The summed E-state index contributed by atoms with van der Waals surface area (Å²) in [5, 5.41) is 0. The second-order valence-electron chi connectivity index (χ2n) is 5.38. The van der Waals surface area contributed by atoms with Crippen LogP contribution in [0, 0.1) is 6.92 Å². The second-order valence-corrected chi connectivity index (χ2v) is 5.38. The van der Waals surface area contributed by atoms with Gasteiger partial charge in [-0.2, -0.15) is 4.58 Å². The van der Waals surface area contributed by atoms with E-state index in [0.29, 0.717) is 18.9 Å². The Balaban J connectivity index is 2.60. The van der Waals surface area contributed by atoms with Crippen LogP contribution in [0.2, 0.25) is 0 Å². The van der Waals surface area contributed by atoms with Gasteiger partial charge in [0.1, 0.15) is 12.3 Å². The van der Waals surface area contributed by atoms with Gasteiger partial charge in [0.05, 0.1) is 19.3 Å². The molecular weight excluding hydrogens is 302 g/mol. The van der Waals surface area contributed by atoms with Crippen molar-refractivity contribution in [3.05, 3.63) is 59.7 Å². The van der Waals surface area contributed by atoms with Crippen LogP contribution in [0.3, 0.4) is 0 Å². The Morgan fingerprint density at radius 3 is 2.12 bits per heavy atom. The topological polar surface area (TPSA) is 38.5 Å². The highest BCUT2D eigenvalue weighted by Crippen LogP contribution is 2.19. The molecule has 0 bridgehead atoms. The molecule has 126 valence electrons. The largest absolute Gasteiger partial charge is 0.497 e. The smallest absolute Gasteiger partial charge is 0.404 e. The van der Waals surface area contributed by atoms with Crippen molar-refractivity contribution in [2.24, 2.45) is 0 Å². The van der Waals surface area contributed by atoms with Gasteiger partial charge in [-0.1, -0.05) is 17.7 Å². The number of nitrogens with zero attached hydrogens (tertiary/aromatic N) is 1. The molecule has 4 nitrogen and oxygen atoms in total. The van der Waals surface area contributed by atoms with Crippen LogP contribution in [0.5, 0.6) is 5.75 Å². The van der Waals surface area contributed by atoms with E-state index < -0.39 is 0 Å². The molecule has 0 N–H and O–H groups in total. The first-order valence-electron chi connectivity index (χ1n) is 8.13. The van der Waals surface area contributed by atoms with Gasteiger partial charge in [0.15, 0.2) is 0 Å². The zero-order valence-corrected chi connectivity index (χ0v) is 14.7. The number of carbonyl (C=O) groups excluding carboxylic acids is 1. The van der Waals surface area contributed by atoms with E-state index in [-0.39, 0.29) is 5.97 Å². The minimum absolute atomic E-state index is 0.320. The number of benzene rings is 2. The number of hydrogen-bond acceptors (Lipinski definition) is 3. The monoisotopic (exact) mass is 326 g/mol. The highest BCUT2D eigenvalue weighted by molar-refractivity contribution is 6.41. The standard InChI is InChI=1S/C20H24NO3/c1-5-21(17-11-13-18(23-4)14-12-17)19(20(22)24-6-2)16-9-7-15(3)8-10-16/h7-14H,5-6H2,1-4H3/q+1. The Morgan fingerprint density at radius 2 is 1.62 bits per heavy atom. The third kappa shape index (κ3) is 4.02. The van der Waals surface area contributed by atoms with E-state index in [2.05, 4.69) is 0 Å². The number of methoxy groups -OCH3 is 1. The van der Waals surface area contributed by atoms with Gasteiger partial charge in [-0.3, -0.25) is 0 Å². The van der Waals surface area contributed by atoms with Crippen LogP contribution in [0.4, 0.5) is 5.69 Å². The van der Waals surface area contributed by atoms with Crippen molar-refractivity contribution in [3.63, 3.8) is 0 Å². The molecular formula is C20H24NO3+. The zero-order chi connectivity index (χ0) is 17.5. The predicted molar refractivity (Wildman–Crippen MR) is 95.4 cm³/mol. The van der Waals surface area contributed by atoms with Gasteiger partial charge >= 0.3 is 5.97 Å². The van der Waals surface area contributed by atoms with Crippen LogP contribution < -0.4 is 4.74 Å². The molecule has 0 heterocycles. The lowest BCUT2D eigenvalue weighted by Crippen LogP contribution is -2.28. The Bertz CT molecular complexity index is 716. The Labute approximate surface area is 143 Å². The SMILES string of the molecule is CCOC(=O)C(c1ccc(C)cc1)=[N+](CC)c1ccc(OC)cc1. The maximum Gasteiger partial charge on any atom is 0.404 e. The number of aryl methyl sites for hydroxylation is 1. The van der Waals surface area contributed by atoms with Crippen molar-refractivity contribution in [1.29, 1.82) is 0 Å². The summed E-state index contributed by atoms with van der Waals surface area (Å²) in [4.78, 5) is 12.6. The van der Waals surface area contributed by atoms with Gasteiger partial charge in [0.2, 0.25) is 5.69 Å². The number of ether oxygens (including phenoxy) is 2. The molecule has 0 spiro atoms. The van der Waals surface area contributed by atoms with E-state index in [9.17, 15) is 4.79 Å². The quantitative estimate of drug-likeness (QED) is 0.461. The number of esters is 1. The summed E-state index contributed by atoms with van der Waals surface area (Å²) in [7, 11) is 1.63. The fourth-order valence-electron chi connectivity index (χ4n) is 2.53. The van der Waals surface area contributed by atoms with E-state index >= 15 is 0 Å². The van der Waals surface area contributed by atoms with Crippen LogP contribution in [0.1, 0.15) is 25.0 Å². The maximum atomic E-state index is 12.6. The normalized spacial score (nSPS) is 11.7. The molecule has 0 aliphatic rings. The molecule has 2 aromatic carbocycles. The summed E-state index contributed by atoms with van der Waals surface area (Å²) < 4.78 is 12.5. The number of rotatable bonds is 6. The van der Waals surface area contributed by atoms with E-state index in [1.807, 2.05) is 73.9 Å². The van der Waals surface area contributed by atoms with E-state index in [1.54, 1.807) is 7.11 Å². The summed E-state index contributed by atoms with van der Waals surface area (Å²) >= 11 is 0. The van der Waals surface area contributed by atoms with Crippen molar-refractivity contribution in [2.45, 2.75) is 20.8 Å². The Hall–Kier alpha value is -2.62. The number of carbonyl (C=O) groups is 1. The average Bonchev–Trinajstić information content (AvgIpc) is 2.61. The Kier molecular flexibility index (Phi) is 6.13. The first kappa shape index (κ1) is 17.7.